The molecule has 0 saturated carbocycles. The van der Waals surface area contributed by atoms with Crippen molar-refractivity contribution in [2.75, 3.05) is 26.4 Å². The lowest BCUT2D eigenvalue weighted by Crippen LogP contribution is -2.26. The molecule has 90 valence electrons. The van der Waals surface area contributed by atoms with E-state index in [1.165, 1.54) is 5.56 Å². The van der Waals surface area contributed by atoms with Crippen LogP contribution < -0.4 is 5.32 Å². The minimum absolute atomic E-state index is 0.196. The summed E-state index contributed by atoms with van der Waals surface area (Å²) in [7, 11) is 0. The summed E-state index contributed by atoms with van der Waals surface area (Å²) in [6, 6.07) is 10.4. The van der Waals surface area contributed by atoms with Crippen LogP contribution in [0.4, 0.5) is 0 Å². The molecule has 0 aliphatic rings. The molecular weight excluding hydrogens is 202 g/mol. The molecule has 0 amide bonds. The first kappa shape index (κ1) is 13.2. The molecule has 1 aromatic carbocycles. The summed E-state index contributed by atoms with van der Waals surface area (Å²) in [6.45, 7) is 4.46. The smallest absolute Gasteiger partial charge is 0.0590 e. The fraction of sp³-hybridized carbons (Fsp3) is 0.538. The number of aliphatic hydroxyl groups excluding tert-OH is 1. The molecule has 16 heavy (non-hydrogen) atoms. The summed E-state index contributed by atoms with van der Waals surface area (Å²) >= 11 is 0. The number of rotatable bonds is 8. The average molecular weight is 223 g/mol. The van der Waals surface area contributed by atoms with E-state index >= 15 is 0 Å². The second-order valence-corrected chi connectivity index (χ2v) is 3.63. The fourth-order valence-corrected chi connectivity index (χ4v) is 1.65. The van der Waals surface area contributed by atoms with Gasteiger partial charge >= 0.3 is 0 Å². The fourth-order valence-electron chi connectivity index (χ4n) is 1.65. The summed E-state index contributed by atoms with van der Waals surface area (Å²) in [4.78, 5) is 0. The molecule has 0 spiro atoms. The maximum absolute atomic E-state index is 9.03. The Morgan fingerprint density at radius 3 is 2.69 bits per heavy atom. The topological polar surface area (TPSA) is 41.5 Å². The van der Waals surface area contributed by atoms with E-state index in [-0.39, 0.29) is 12.6 Å². The molecule has 0 bridgehead atoms. The summed E-state index contributed by atoms with van der Waals surface area (Å²) in [5.41, 5.74) is 1.22. The largest absolute Gasteiger partial charge is 0.396 e. The average Bonchev–Trinajstić information content (AvgIpc) is 2.34. The molecule has 1 unspecified atom stereocenters. The molecule has 2 N–H and O–H groups in total. The normalized spacial score (nSPS) is 12.6. The minimum Gasteiger partial charge on any atom is -0.396 e. The van der Waals surface area contributed by atoms with Gasteiger partial charge in [0.05, 0.1) is 6.61 Å². The lowest BCUT2D eigenvalue weighted by Gasteiger charge is -2.18. The van der Waals surface area contributed by atoms with Gasteiger partial charge in [0.15, 0.2) is 0 Å². The molecule has 3 heteroatoms. The molecule has 0 heterocycles. The molecule has 0 fully saturated rings. The molecular formula is C13H21NO2. The highest BCUT2D eigenvalue weighted by Gasteiger charge is 2.08. The first-order chi connectivity index (χ1) is 7.88. The predicted molar refractivity (Wildman–Crippen MR) is 65.4 cm³/mol. The minimum atomic E-state index is 0.196. The van der Waals surface area contributed by atoms with Crippen LogP contribution in [0.25, 0.3) is 0 Å². The summed E-state index contributed by atoms with van der Waals surface area (Å²) in [5.74, 6) is 0. The van der Waals surface area contributed by atoms with Crippen molar-refractivity contribution in [2.45, 2.75) is 19.4 Å². The number of hydrogen-bond acceptors (Lipinski definition) is 3. The monoisotopic (exact) mass is 223 g/mol. The van der Waals surface area contributed by atoms with E-state index in [0.717, 1.165) is 19.6 Å². The molecule has 0 aliphatic carbocycles. The lowest BCUT2D eigenvalue weighted by molar-refractivity contribution is 0.145. The Bertz CT molecular complexity index is 264. The van der Waals surface area contributed by atoms with Gasteiger partial charge in [0.1, 0.15) is 0 Å². The third kappa shape index (κ3) is 4.75. The molecule has 0 radical (unpaired) electrons. The van der Waals surface area contributed by atoms with Gasteiger partial charge in [-0.3, -0.25) is 0 Å². The Kier molecular flexibility index (Phi) is 6.81. The third-order valence-corrected chi connectivity index (χ3v) is 2.46. The van der Waals surface area contributed by atoms with Gasteiger partial charge in [-0.15, -0.1) is 0 Å². The van der Waals surface area contributed by atoms with E-state index in [2.05, 4.69) is 17.4 Å². The van der Waals surface area contributed by atoms with E-state index < -0.39 is 0 Å². The second kappa shape index (κ2) is 8.28. The first-order valence-electron chi connectivity index (χ1n) is 5.85. The van der Waals surface area contributed by atoms with Crippen LogP contribution in [0.2, 0.25) is 0 Å². The second-order valence-electron chi connectivity index (χ2n) is 3.63. The van der Waals surface area contributed by atoms with Crippen LogP contribution in [0.1, 0.15) is 24.9 Å². The standard InChI is InChI=1S/C13H21NO2/c1-2-16-11-9-14-13(8-10-15)12-6-4-3-5-7-12/h3-7,13-15H,2,8-11H2,1H3. The van der Waals surface area contributed by atoms with E-state index in [9.17, 15) is 0 Å². The molecule has 0 saturated heterocycles. The quantitative estimate of drug-likeness (QED) is 0.660. The number of aliphatic hydroxyl groups is 1. The molecule has 0 aliphatic heterocycles. The highest BCUT2D eigenvalue weighted by Crippen LogP contribution is 2.15. The zero-order valence-electron chi connectivity index (χ0n) is 9.86. The van der Waals surface area contributed by atoms with Crippen LogP contribution in [0.5, 0.6) is 0 Å². The van der Waals surface area contributed by atoms with Crippen LogP contribution in [0.3, 0.4) is 0 Å². The zero-order valence-corrected chi connectivity index (χ0v) is 9.86. The van der Waals surface area contributed by atoms with E-state index in [0.29, 0.717) is 6.61 Å². The number of nitrogens with one attached hydrogen (secondary N) is 1. The zero-order chi connectivity index (χ0) is 11.6. The van der Waals surface area contributed by atoms with Gasteiger partial charge in [-0.1, -0.05) is 30.3 Å². The Morgan fingerprint density at radius 1 is 1.31 bits per heavy atom. The van der Waals surface area contributed by atoms with Crippen LogP contribution in [-0.4, -0.2) is 31.5 Å². The summed E-state index contributed by atoms with van der Waals surface area (Å²) in [5, 5.41) is 12.4. The highest BCUT2D eigenvalue weighted by molar-refractivity contribution is 5.18. The number of ether oxygens (including phenoxy) is 1. The van der Waals surface area contributed by atoms with Crippen molar-refractivity contribution in [1.29, 1.82) is 0 Å². The Balaban J connectivity index is 2.41. The van der Waals surface area contributed by atoms with Gasteiger partial charge in [-0.2, -0.15) is 0 Å². The summed E-state index contributed by atoms with van der Waals surface area (Å²) < 4.78 is 5.27. The molecule has 1 atom stereocenters. The van der Waals surface area contributed by atoms with Crippen LogP contribution >= 0.6 is 0 Å². The van der Waals surface area contributed by atoms with Crippen LogP contribution in [0.15, 0.2) is 30.3 Å². The van der Waals surface area contributed by atoms with Gasteiger partial charge in [0, 0.05) is 25.8 Å². The van der Waals surface area contributed by atoms with Crippen molar-refractivity contribution in [3.8, 4) is 0 Å². The molecule has 0 aromatic heterocycles. The molecule has 1 rings (SSSR count). The Hall–Kier alpha value is -0.900. The van der Waals surface area contributed by atoms with Crippen molar-refractivity contribution in [3.63, 3.8) is 0 Å². The Morgan fingerprint density at radius 2 is 2.06 bits per heavy atom. The van der Waals surface area contributed by atoms with Crippen molar-refractivity contribution in [2.24, 2.45) is 0 Å². The van der Waals surface area contributed by atoms with E-state index in [1.807, 2.05) is 25.1 Å². The van der Waals surface area contributed by atoms with E-state index in [4.69, 9.17) is 9.84 Å². The lowest BCUT2D eigenvalue weighted by atomic mass is 10.0. The number of hydrogen-bond donors (Lipinski definition) is 2. The Labute approximate surface area is 97.4 Å². The first-order valence-corrected chi connectivity index (χ1v) is 5.85. The van der Waals surface area contributed by atoms with Crippen LogP contribution in [0, 0.1) is 0 Å². The van der Waals surface area contributed by atoms with Crippen molar-refractivity contribution in [3.05, 3.63) is 35.9 Å². The van der Waals surface area contributed by atoms with Gasteiger partial charge in [0.2, 0.25) is 0 Å². The predicted octanol–water partition coefficient (Wildman–Crippen LogP) is 1.74. The molecule has 1 aromatic rings. The molecule has 3 nitrogen and oxygen atoms in total. The number of benzene rings is 1. The maximum atomic E-state index is 9.03. The van der Waals surface area contributed by atoms with Gasteiger partial charge in [-0.25, -0.2) is 0 Å². The van der Waals surface area contributed by atoms with Gasteiger partial charge in [-0.05, 0) is 18.9 Å². The van der Waals surface area contributed by atoms with E-state index in [1.54, 1.807) is 0 Å². The van der Waals surface area contributed by atoms with Gasteiger partial charge in [0.25, 0.3) is 0 Å². The SMILES string of the molecule is CCOCCNC(CCO)c1ccccc1. The van der Waals surface area contributed by atoms with Crippen LogP contribution in [-0.2, 0) is 4.74 Å². The van der Waals surface area contributed by atoms with Crippen molar-refractivity contribution < 1.29 is 9.84 Å². The summed E-state index contributed by atoms with van der Waals surface area (Å²) in [6.07, 6.45) is 0.732. The van der Waals surface area contributed by atoms with Crippen molar-refractivity contribution in [1.82, 2.24) is 5.32 Å². The van der Waals surface area contributed by atoms with Gasteiger partial charge < -0.3 is 15.2 Å². The highest BCUT2D eigenvalue weighted by atomic mass is 16.5. The maximum Gasteiger partial charge on any atom is 0.0590 e. The third-order valence-electron chi connectivity index (χ3n) is 2.46. The van der Waals surface area contributed by atoms with Crippen molar-refractivity contribution >= 4 is 0 Å².